The molecule has 0 aliphatic heterocycles. The quantitative estimate of drug-likeness (QED) is 0.657. The number of carbonyl (C=O) groups excluding carboxylic acids is 1. The van der Waals surface area contributed by atoms with Crippen molar-refractivity contribution in [2.24, 2.45) is 0 Å². The van der Waals surface area contributed by atoms with Gasteiger partial charge in [-0.3, -0.25) is 4.79 Å². The molecule has 1 amide bonds. The molecule has 21 heavy (non-hydrogen) atoms. The normalized spacial score (nSPS) is 10.4. The van der Waals surface area contributed by atoms with Gasteiger partial charge >= 0.3 is 0 Å². The summed E-state index contributed by atoms with van der Waals surface area (Å²) in [4.78, 5) is 12.5. The zero-order chi connectivity index (χ0) is 15.4. The van der Waals surface area contributed by atoms with E-state index in [1.54, 1.807) is 18.2 Å². The van der Waals surface area contributed by atoms with Crippen LogP contribution in [0.1, 0.15) is 5.56 Å². The fourth-order valence-electron chi connectivity index (χ4n) is 1.68. The monoisotopic (exact) mass is 324 g/mol. The molecule has 0 saturated carbocycles. The van der Waals surface area contributed by atoms with Gasteiger partial charge in [0.1, 0.15) is 5.82 Å². The summed E-state index contributed by atoms with van der Waals surface area (Å²) in [6.07, 6.45) is 0. The fraction of sp³-hybridized carbons (Fsp3) is 0.133. The van der Waals surface area contributed by atoms with Gasteiger partial charge in [-0.1, -0.05) is 17.7 Å². The maximum Gasteiger partial charge on any atom is 0.234 e. The Kier molecular flexibility index (Phi) is 5.09. The number of halogens is 2. The molecule has 2 aromatic carbocycles. The van der Waals surface area contributed by atoms with Gasteiger partial charge in [-0.05, 0) is 42.8 Å². The number of nitrogen functional groups attached to an aromatic ring is 1. The van der Waals surface area contributed by atoms with Crippen molar-refractivity contribution < 1.29 is 9.18 Å². The first-order valence-electron chi connectivity index (χ1n) is 6.19. The molecule has 0 saturated heterocycles. The molecule has 110 valence electrons. The lowest BCUT2D eigenvalue weighted by Crippen LogP contribution is -2.14. The topological polar surface area (TPSA) is 55.1 Å². The molecule has 0 atom stereocenters. The molecule has 0 aliphatic rings. The summed E-state index contributed by atoms with van der Waals surface area (Å²) in [5, 5.41) is 3.34. The first-order valence-corrected chi connectivity index (χ1v) is 7.55. The van der Waals surface area contributed by atoms with Crippen LogP contribution in [0.5, 0.6) is 0 Å². The molecule has 0 heterocycles. The molecule has 0 unspecified atom stereocenters. The Labute approximate surface area is 131 Å². The number of amides is 1. The molecule has 0 spiro atoms. The Morgan fingerprint density at radius 3 is 2.76 bits per heavy atom. The molecular formula is C15H14ClFN2OS. The third-order valence-corrected chi connectivity index (χ3v) is 4.10. The molecule has 0 radical (unpaired) electrons. The second-order valence-corrected chi connectivity index (χ2v) is 5.98. The van der Waals surface area contributed by atoms with E-state index in [4.69, 9.17) is 17.3 Å². The van der Waals surface area contributed by atoms with Crippen molar-refractivity contribution in [2.75, 3.05) is 16.8 Å². The summed E-state index contributed by atoms with van der Waals surface area (Å²) in [5.74, 6) is -0.444. The van der Waals surface area contributed by atoms with Crippen LogP contribution < -0.4 is 11.1 Å². The molecule has 3 nitrogen and oxygen atoms in total. The smallest absolute Gasteiger partial charge is 0.234 e. The van der Waals surface area contributed by atoms with Crippen molar-refractivity contribution in [1.82, 2.24) is 0 Å². The Balaban J connectivity index is 1.94. The number of carbonyl (C=O) groups is 1. The molecule has 2 rings (SSSR count). The number of hydrogen-bond donors (Lipinski definition) is 2. The summed E-state index contributed by atoms with van der Waals surface area (Å²) < 4.78 is 13.2. The highest BCUT2D eigenvalue weighted by Gasteiger charge is 2.06. The lowest BCUT2D eigenvalue weighted by molar-refractivity contribution is -0.113. The van der Waals surface area contributed by atoms with E-state index >= 15 is 0 Å². The number of nitrogens with two attached hydrogens (primary N) is 1. The van der Waals surface area contributed by atoms with Crippen molar-refractivity contribution in [2.45, 2.75) is 11.8 Å². The van der Waals surface area contributed by atoms with Crippen LogP contribution in [0, 0.1) is 12.7 Å². The van der Waals surface area contributed by atoms with E-state index in [-0.39, 0.29) is 11.7 Å². The fourth-order valence-corrected chi connectivity index (χ4v) is 2.65. The van der Waals surface area contributed by atoms with Gasteiger partial charge in [-0.15, -0.1) is 11.8 Å². The van der Waals surface area contributed by atoms with Gasteiger partial charge in [0.2, 0.25) is 5.91 Å². The summed E-state index contributed by atoms with van der Waals surface area (Å²) >= 11 is 7.21. The van der Waals surface area contributed by atoms with E-state index in [1.165, 1.54) is 23.9 Å². The van der Waals surface area contributed by atoms with Crippen LogP contribution in [0.15, 0.2) is 41.3 Å². The van der Waals surface area contributed by atoms with Gasteiger partial charge in [0, 0.05) is 21.3 Å². The highest BCUT2D eigenvalue weighted by molar-refractivity contribution is 8.00. The number of rotatable bonds is 4. The van der Waals surface area contributed by atoms with Crippen molar-refractivity contribution in [3.8, 4) is 0 Å². The number of anilines is 2. The maximum absolute atomic E-state index is 13.2. The van der Waals surface area contributed by atoms with Crippen LogP contribution in [0.3, 0.4) is 0 Å². The third-order valence-electron chi connectivity index (χ3n) is 2.72. The van der Waals surface area contributed by atoms with Crippen LogP contribution in [0.2, 0.25) is 5.02 Å². The number of benzene rings is 2. The van der Waals surface area contributed by atoms with E-state index < -0.39 is 5.82 Å². The zero-order valence-corrected chi connectivity index (χ0v) is 12.9. The lowest BCUT2D eigenvalue weighted by atomic mass is 10.2. The Morgan fingerprint density at radius 1 is 1.33 bits per heavy atom. The van der Waals surface area contributed by atoms with Gasteiger partial charge in [0.05, 0.1) is 5.75 Å². The molecule has 6 heteroatoms. The van der Waals surface area contributed by atoms with E-state index in [0.717, 1.165) is 5.56 Å². The molecule has 0 fully saturated rings. The first-order chi connectivity index (χ1) is 9.94. The van der Waals surface area contributed by atoms with Crippen LogP contribution in [-0.4, -0.2) is 11.7 Å². The second kappa shape index (κ2) is 6.83. The van der Waals surface area contributed by atoms with Crippen molar-refractivity contribution in [1.29, 1.82) is 0 Å². The molecule has 2 aromatic rings. The van der Waals surface area contributed by atoms with Crippen molar-refractivity contribution in [3.05, 3.63) is 52.8 Å². The minimum absolute atomic E-state index is 0.161. The first kappa shape index (κ1) is 15.7. The average molecular weight is 325 g/mol. The maximum atomic E-state index is 13.2. The number of aryl methyl sites for hydroxylation is 1. The number of nitrogens with one attached hydrogen (secondary N) is 1. The molecule has 0 aliphatic carbocycles. The Morgan fingerprint density at radius 2 is 2.10 bits per heavy atom. The van der Waals surface area contributed by atoms with Gasteiger partial charge in [0.15, 0.2) is 0 Å². The van der Waals surface area contributed by atoms with Gasteiger partial charge < -0.3 is 11.1 Å². The highest BCUT2D eigenvalue weighted by atomic mass is 35.5. The van der Waals surface area contributed by atoms with E-state index in [9.17, 15) is 9.18 Å². The van der Waals surface area contributed by atoms with Gasteiger partial charge in [-0.2, -0.15) is 0 Å². The van der Waals surface area contributed by atoms with Crippen molar-refractivity contribution >= 4 is 40.6 Å². The van der Waals surface area contributed by atoms with E-state index in [0.29, 0.717) is 21.3 Å². The number of hydrogen-bond acceptors (Lipinski definition) is 3. The third kappa shape index (κ3) is 4.65. The predicted molar refractivity (Wildman–Crippen MR) is 86.4 cm³/mol. The zero-order valence-electron chi connectivity index (χ0n) is 11.3. The minimum atomic E-state index is -0.414. The molecule has 0 aromatic heterocycles. The van der Waals surface area contributed by atoms with Crippen LogP contribution >= 0.6 is 23.4 Å². The molecule has 3 N–H and O–H groups in total. The molecule has 0 bridgehead atoms. The summed E-state index contributed by atoms with van der Waals surface area (Å²) in [6.45, 7) is 1.89. The van der Waals surface area contributed by atoms with Crippen molar-refractivity contribution in [3.63, 3.8) is 0 Å². The van der Waals surface area contributed by atoms with Crippen LogP contribution in [0.4, 0.5) is 15.8 Å². The standard InChI is InChI=1S/C15H14ClFN2OS/c1-9-2-3-12(7-14(9)16)19-15(20)8-21-13-5-10(17)4-11(18)6-13/h2-7H,8,18H2,1H3,(H,19,20). The largest absolute Gasteiger partial charge is 0.399 e. The SMILES string of the molecule is Cc1ccc(NC(=O)CSc2cc(N)cc(F)c2)cc1Cl. The number of thioether (sulfide) groups is 1. The second-order valence-electron chi connectivity index (χ2n) is 4.52. The van der Waals surface area contributed by atoms with Crippen LogP contribution in [0.25, 0.3) is 0 Å². The van der Waals surface area contributed by atoms with Crippen LogP contribution in [-0.2, 0) is 4.79 Å². The highest BCUT2D eigenvalue weighted by Crippen LogP contribution is 2.23. The average Bonchev–Trinajstić information content (AvgIpc) is 2.40. The van der Waals surface area contributed by atoms with E-state index in [1.807, 2.05) is 13.0 Å². The Bertz CT molecular complexity index is 658. The Hall–Kier alpha value is -1.72. The summed E-state index contributed by atoms with van der Waals surface area (Å²) in [6, 6.07) is 9.52. The van der Waals surface area contributed by atoms with E-state index in [2.05, 4.69) is 5.32 Å². The summed E-state index contributed by atoms with van der Waals surface area (Å²) in [7, 11) is 0. The van der Waals surface area contributed by atoms with Gasteiger partial charge in [-0.25, -0.2) is 4.39 Å². The van der Waals surface area contributed by atoms with Gasteiger partial charge in [0.25, 0.3) is 0 Å². The minimum Gasteiger partial charge on any atom is -0.399 e. The molecular weight excluding hydrogens is 311 g/mol. The summed E-state index contributed by atoms with van der Waals surface area (Å²) in [5.41, 5.74) is 7.47. The predicted octanol–water partition coefficient (Wildman–Crippen LogP) is 4.10. The lowest BCUT2D eigenvalue weighted by Gasteiger charge is -2.07.